The van der Waals surface area contributed by atoms with Gasteiger partial charge in [-0.1, -0.05) is 13.3 Å². The van der Waals surface area contributed by atoms with Gasteiger partial charge in [-0.05, 0) is 31.7 Å². The minimum atomic E-state index is 0.397. The molecule has 3 rings (SSSR count). The van der Waals surface area contributed by atoms with Gasteiger partial charge in [0.05, 0.1) is 25.0 Å². The normalized spacial score (nSPS) is 20.0. The number of imidazole rings is 1. The van der Waals surface area contributed by atoms with E-state index in [-0.39, 0.29) is 0 Å². The SMILES string of the molecule is COc1ccc(-c2cnc(C3CCCCN3CC(C)SC)[nH]2)cn1. The van der Waals surface area contributed by atoms with Crippen molar-refractivity contribution >= 4 is 11.8 Å². The zero-order valence-electron chi connectivity index (χ0n) is 14.7. The Bertz CT molecular complexity index is 643. The van der Waals surface area contributed by atoms with Gasteiger partial charge in [-0.2, -0.15) is 11.8 Å². The molecule has 6 heteroatoms. The minimum absolute atomic E-state index is 0.397. The molecule has 2 unspecified atom stereocenters. The zero-order valence-corrected chi connectivity index (χ0v) is 15.5. The number of aromatic nitrogens is 3. The van der Waals surface area contributed by atoms with Crippen LogP contribution in [-0.4, -0.2) is 51.6 Å². The quantitative estimate of drug-likeness (QED) is 0.863. The van der Waals surface area contributed by atoms with Gasteiger partial charge in [0.15, 0.2) is 0 Å². The lowest BCUT2D eigenvalue weighted by molar-refractivity contribution is 0.145. The standard InChI is InChI=1S/C18H26N4OS/c1-13(24-3)12-22-9-5-4-6-16(22)18-20-11-15(21-18)14-7-8-17(23-2)19-10-14/h7-8,10-11,13,16H,4-6,9,12H2,1-3H3,(H,20,21). The van der Waals surface area contributed by atoms with Gasteiger partial charge < -0.3 is 9.72 Å². The summed E-state index contributed by atoms with van der Waals surface area (Å²) >= 11 is 1.93. The third-order valence-corrected chi connectivity index (χ3v) is 5.63. The van der Waals surface area contributed by atoms with Crippen molar-refractivity contribution in [3.05, 3.63) is 30.4 Å². The first-order valence-corrected chi connectivity index (χ1v) is 9.82. The van der Waals surface area contributed by atoms with E-state index in [9.17, 15) is 0 Å². The monoisotopic (exact) mass is 346 g/mol. The summed E-state index contributed by atoms with van der Waals surface area (Å²) in [5.41, 5.74) is 2.05. The molecule has 1 N–H and O–H groups in total. The Kier molecular flexibility index (Phi) is 5.79. The number of thioether (sulfide) groups is 1. The van der Waals surface area contributed by atoms with Crippen LogP contribution >= 0.6 is 11.8 Å². The maximum atomic E-state index is 5.12. The van der Waals surface area contributed by atoms with Gasteiger partial charge in [-0.15, -0.1) is 0 Å². The molecule has 0 aromatic carbocycles. The number of aromatic amines is 1. The minimum Gasteiger partial charge on any atom is -0.481 e. The van der Waals surface area contributed by atoms with Crippen LogP contribution in [0, 0.1) is 0 Å². The predicted molar refractivity (Wildman–Crippen MR) is 99.5 cm³/mol. The summed E-state index contributed by atoms with van der Waals surface area (Å²) in [5.74, 6) is 1.71. The summed E-state index contributed by atoms with van der Waals surface area (Å²) in [6, 6.07) is 4.29. The van der Waals surface area contributed by atoms with Gasteiger partial charge in [-0.25, -0.2) is 9.97 Å². The summed E-state index contributed by atoms with van der Waals surface area (Å²) < 4.78 is 5.12. The highest BCUT2D eigenvalue weighted by Crippen LogP contribution is 2.31. The summed E-state index contributed by atoms with van der Waals surface area (Å²) in [7, 11) is 1.63. The lowest BCUT2D eigenvalue weighted by atomic mass is 10.0. The van der Waals surface area contributed by atoms with Gasteiger partial charge in [0, 0.05) is 29.6 Å². The number of hydrogen-bond acceptors (Lipinski definition) is 5. The molecule has 3 heterocycles. The average Bonchev–Trinajstić information content (AvgIpc) is 3.12. The van der Waals surface area contributed by atoms with Gasteiger partial charge in [0.1, 0.15) is 5.82 Å². The molecule has 0 saturated carbocycles. The second-order valence-corrected chi connectivity index (χ2v) is 7.60. The van der Waals surface area contributed by atoms with Crippen LogP contribution in [0.25, 0.3) is 11.3 Å². The molecule has 0 radical (unpaired) electrons. The van der Waals surface area contributed by atoms with Crippen molar-refractivity contribution in [3.63, 3.8) is 0 Å². The van der Waals surface area contributed by atoms with E-state index in [2.05, 4.69) is 33.0 Å². The number of nitrogens with one attached hydrogen (secondary N) is 1. The summed E-state index contributed by atoms with van der Waals surface area (Å²) in [6.45, 7) is 4.58. The second-order valence-electron chi connectivity index (χ2n) is 6.32. The first-order chi connectivity index (χ1) is 11.7. The molecule has 1 saturated heterocycles. The number of piperidine rings is 1. The van der Waals surface area contributed by atoms with Crippen molar-refractivity contribution in [2.24, 2.45) is 0 Å². The molecule has 0 bridgehead atoms. The fraction of sp³-hybridized carbons (Fsp3) is 0.556. The highest BCUT2D eigenvalue weighted by Gasteiger charge is 2.27. The number of ether oxygens (including phenoxy) is 1. The van der Waals surface area contributed by atoms with Crippen LogP contribution in [0.15, 0.2) is 24.5 Å². The molecule has 1 fully saturated rings. The molecule has 5 nitrogen and oxygen atoms in total. The van der Waals surface area contributed by atoms with Crippen molar-refractivity contribution < 1.29 is 4.74 Å². The molecule has 1 aliphatic heterocycles. The lowest BCUT2D eigenvalue weighted by Crippen LogP contribution is -2.37. The van der Waals surface area contributed by atoms with E-state index in [1.54, 1.807) is 7.11 Å². The van der Waals surface area contributed by atoms with Gasteiger partial charge in [0.2, 0.25) is 5.88 Å². The highest BCUT2D eigenvalue weighted by atomic mass is 32.2. The third-order valence-electron chi connectivity index (χ3n) is 4.68. The topological polar surface area (TPSA) is 54.0 Å². The molecule has 0 spiro atoms. The van der Waals surface area contributed by atoms with E-state index in [1.165, 1.54) is 19.3 Å². The van der Waals surface area contributed by atoms with E-state index < -0.39 is 0 Å². The Labute approximate surface area is 148 Å². The van der Waals surface area contributed by atoms with E-state index in [0.717, 1.165) is 30.2 Å². The largest absolute Gasteiger partial charge is 0.481 e. The van der Waals surface area contributed by atoms with Crippen molar-refractivity contribution in [2.75, 3.05) is 26.5 Å². The molecule has 0 amide bonds. The Morgan fingerprint density at radius 3 is 2.92 bits per heavy atom. The van der Waals surface area contributed by atoms with E-state index in [0.29, 0.717) is 17.2 Å². The predicted octanol–water partition coefficient (Wildman–Crippen LogP) is 3.76. The molecule has 24 heavy (non-hydrogen) atoms. The molecule has 1 aliphatic rings. The van der Waals surface area contributed by atoms with Crippen LogP contribution in [0.3, 0.4) is 0 Å². The number of hydrogen-bond donors (Lipinski definition) is 1. The van der Waals surface area contributed by atoms with Crippen LogP contribution in [-0.2, 0) is 0 Å². The van der Waals surface area contributed by atoms with Crippen LogP contribution < -0.4 is 4.74 Å². The zero-order chi connectivity index (χ0) is 16.9. The lowest BCUT2D eigenvalue weighted by Gasteiger charge is -2.35. The highest BCUT2D eigenvalue weighted by molar-refractivity contribution is 7.99. The molecular formula is C18H26N4OS. The first kappa shape index (κ1) is 17.3. The fourth-order valence-corrected chi connectivity index (χ4v) is 3.58. The van der Waals surface area contributed by atoms with Crippen LogP contribution in [0.2, 0.25) is 0 Å². The number of likely N-dealkylation sites (tertiary alicyclic amines) is 1. The maximum Gasteiger partial charge on any atom is 0.212 e. The first-order valence-electron chi connectivity index (χ1n) is 8.53. The number of nitrogens with zero attached hydrogens (tertiary/aromatic N) is 3. The second kappa shape index (κ2) is 8.03. The average molecular weight is 346 g/mol. The summed E-state index contributed by atoms with van der Waals surface area (Å²) in [4.78, 5) is 15.1. The Morgan fingerprint density at radius 2 is 2.21 bits per heavy atom. The van der Waals surface area contributed by atoms with Crippen molar-refractivity contribution in [2.45, 2.75) is 37.5 Å². The van der Waals surface area contributed by atoms with Crippen molar-refractivity contribution in [3.8, 4) is 17.1 Å². The molecule has 130 valence electrons. The van der Waals surface area contributed by atoms with E-state index in [4.69, 9.17) is 4.74 Å². The van der Waals surface area contributed by atoms with Crippen molar-refractivity contribution in [1.82, 2.24) is 19.9 Å². The third kappa shape index (κ3) is 3.92. The molecule has 0 aliphatic carbocycles. The fourth-order valence-electron chi connectivity index (χ4n) is 3.24. The Morgan fingerprint density at radius 1 is 1.33 bits per heavy atom. The Hall–Kier alpha value is -1.53. The summed E-state index contributed by atoms with van der Waals surface area (Å²) in [6.07, 6.45) is 9.66. The number of H-pyrrole nitrogens is 1. The van der Waals surface area contributed by atoms with E-state index in [1.807, 2.05) is 36.3 Å². The number of pyridine rings is 1. The van der Waals surface area contributed by atoms with Crippen LogP contribution in [0.4, 0.5) is 0 Å². The summed E-state index contributed by atoms with van der Waals surface area (Å²) in [5, 5.41) is 0.644. The molecule has 2 aromatic heterocycles. The molecule has 2 atom stereocenters. The van der Waals surface area contributed by atoms with Crippen molar-refractivity contribution in [1.29, 1.82) is 0 Å². The number of rotatable bonds is 6. The van der Waals surface area contributed by atoms with Gasteiger partial charge in [-0.3, -0.25) is 4.90 Å². The molecular weight excluding hydrogens is 320 g/mol. The van der Waals surface area contributed by atoms with Gasteiger partial charge in [0.25, 0.3) is 0 Å². The van der Waals surface area contributed by atoms with Gasteiger partial charge >= 0.3 is 0 Å². The smallest absolute Gasteiger partial charge is 0.212 e. The van der Waals surface area contributed by atoms with Crippen LogP contribution in [0.1, 0.15) is 38.1 Å². The molecule has 2 aromatic rings. The van der Waals surface area contributed by atoms with E-state index >= 15 is 0 Å². The Balaban J connectivity index is 1.77. The number of methoxy groups -OCH3 is 1. The van der Waals surface area contributed by atoms with Crippen LogP contribution in [0.5, 0.6) is 5.88 Å². The maximum absolute atomic E-state index is 5.12.